The first-order valence-electron chi connectivity index (χ1n) is 7.44. The van der Waals surface area contributed by atoms with E-state index in [0.717, 1.165) is 12.1 Å². The molecule has 0 atom stereocenters. The van der Waals surface area contributed by atoms with Gasteiger partial charge in [-0.15, -0.1) is 5.10 Å². The number of nitrogens with one attached hydrogen (secondary N) is 1. The van der Waals surface area contributed by atoms with E-state index in [1.807, 2.05) is 0 Å². The molecule has 1 amide bonds. The van der Waals surface area contributed by atoms with Gasteiger partial charge in [-0.3, -0.25) is 4.79 Å². The van der Waals surface area contributed by atoms with Crippen LogP contribution in [0.4, 0.5) is 18.9 Å². The minimum Gasteiger partial charge on any atom is -0.322 e. The van der Waals surface area contributed by atoms with E-state index in [2.05, 4.69) is 25.8 Å². The molecule has 3 aromatic rings. The van der Waals surface area contributed by atoms with Crippen molar-refractivity contribution in [1.29, 1.82) is 0 Å². The van der Waals surface area contributed by atoms with Crippen LogP contribution in [0.3, 0.4) is 0 Å². The Kier molecular flexibility index (Phi) is 4.41. The lowest BCUT2D eigenvalue weighted by Gasteiger charge is -2.11. The van der Waals surface area contributed by atoms with Gasteiger partial charge in [0.25, 0.3) is 5.91 Å². The van der Waals surface area contributed by atoms with Gasteiger partial charge >= 0.3 is 6.18 Å². The number of halogens is 3. The third-order valence-corrected chi connectivity index (χ3v) is 3.62. The maximum atomic E-state index is 12.7. The first kappa shape index (κ1) is 17.5. The summed E-state index contributed by atoms with van der Waals surface area (Å²) in [6.07, 6.45) is -4.56. The summed E-state index contributed by atoms with van der Waals surface area (Å²) in [5.41, 5.74) is 0.144. The number of alkyl halides is 3. The molecule has 0 aliphatic rings. The fourth-order valence-corrected chi connectivity index (χ4v) is 2.37. The van der Waals surface area contributed by atoms with E-state index in [0.29, 0.717) is 17.1 Å². The molecular formula is C16H13F3N6O. The van der Waals surface area contributed by atoms with Crippen molar-refractivity contribution in [3.8, 4) is 11.4 Å². The van der Waals surface area contributed by atoms with Gasteiger partial charge in [-0.2, -0.15) is 13.2 Å². The lowest BCUT2D eigenvalue weighted by atomic mass is 10.1. The molecule has 7 nitrogen and oxygen atoms in total. The first-order chi connectivity index (χ1) is 12.3. The number of aromatic nitrogens is 5. The fourth-order valence-electron chi connectivity index (χ4n) is 2.37. The molecule has 1 aromatic carbocycles. The normalized spacial score (nSPS) is 11.4. The van der Waals surface area contributed by atoms with Crippen molar-refractivity contribution < 1.29 is 18.0 Å². The molecule has 0 fully saturated rings. The molecule has 0 bridgehead atoms. The maximum absolute atomic E-state index is 12.7. The Morgan fingerprint density at radius 3 is 2.58 bits per heavy atom. The number of nitrogens with zero attached hydrogens (tertiary/aromatic N) is 5. The fraction of sp³-hybridized carbons (Fsp3) is 0.188. The van der Waals surface area contributed by atoms with E-state index >= 15 is 0 Å². The van der Waals surface area contributed by atoms with Crippen LogP contribution in [0.25, 0.3) is 11.4 Å². The standard InChI is InChI=1S/C16H13F3N6O/c1-9-12(6-7-13(20-9)16(17,18)19)15(26)21-11-5-3-4-10(8-11)14-22-23-24-25(14)2/h3-8H,1-2H3,(H,21,26). The Balaban J connectivity index is 1.84. The number of tetrazole rings is 1. The lowest BCUT2D eigenvalue weighted by Crippen LogP contribution is -2.16. The van der Waals surface area contributed by atoms with Crippen LogP contribution in [0.15, 0.2) is 36.4 Å². The smallest absolute Gasteiger partial charge is 0.322 e. The summed E-state index contributed by atoms with van der Waals surface area (Å²) in [6.45, 7) is 1.35. The Bertz CT molecular complexity index is 967. The second kappa shape index (κ2) is 6.54. The number of benzene rings is 1. The Labute approximate surface area is 145 Å². The number of amides is 1. The summed E-state index contributed by atoms with van der Waals surface area (Å²) < 4.78 is 39.5. The second-order valence-corrected chi connectivity index (χ2v) is 5.49. The number of anilines is 1. The maximum Gasteiger partial charge on any atom is 0.433 e. The predicted octanol–water partition coefficient (Wildman–Crippen LogP) is 2.85. The molecule has 0 spiro atoms. The molecule has 0 aliphatic heterocycles. The average molecular weight is 362 g/mol. The molecule has 2 aromatic heterocycles. The van der Waals surface area contributed by atoms with E-state index in [1.54, 1.807) is 31.3 Å². The van der Waals surface area contributed by atoms with Crippen molar-refractivity contribution in [2.24, 2.45) is 7.05 Å². The molecule has 10 heteroatoms. The van der Waals surface area contributed by atoms with E-state index < -0.39 is 17.8 Å². The average Bonchev–Trinajstić information content (AvgIpc) is 3.00. The number of hydrogen-bond acceptors (Lipinski definition) is 5. The van der Waals surface area contributed by atoms with E-state index in [9.17, 15) is 18.0 Å². The van der Waals surface area contributed by atoms with Gasteiger partial charge in [0.1, 0.15) is 5.69 Å². The molecule has 0 saturated heterocycles. The highest BCUT2D eigenvalue weighted by molar-refractivity contribution is 6.05. The molecular weight excluding hydrogens is 349 g/mol. The van der Waals surface area contributed by atoms with Crippen LogP contribution in [0.1, 0.15) is 21.7 Å². The largest absolute Gasteiger partial charge is 0.433 e. The summed E-state index contributed by atoms with van der Waals surface area (Å²) in [5.74, 6) is -0.0505. The quantitative estimate of drug-likeness (QED) is 0.774. The Morgan fingerprint density at radius 2 is 1.96 bits per heavy atom. The first-order valence-corrected chi connectivity index (χ1v) is 7.44. The molecule has 134 valence electrons. The number of hydrogen-bond donors (Lipinski definition) is 1. The lowest BCUT2D eigenvalue weighted by molar-refractivity contribution is -0.141. The highest BCUT2D eigenvalue weighted by Crippen LogP contribution is 2.28. The SMILES string of the molecule is Cc1nc(C(F)(F)F)ccc1C(=O)Nc1cccc(-c2nnnn2C)c1. The summed E-state index contributed by atoms with van der Waals surface area (Å²) in [4.78, 5) is 15.8. The van der Waals surface area contributed by atoms with Crippen LogP contribution < -0.4 is 5.32 Å². The van der Waals surface area contributed by atoms with Crippen LogP contribution >= 0.6 is 0 Å². The van der Waals surface area contributed by atoms with Gasteiger partial charge in [-0.25, -0.2) is 9.67 Å². The van der Waals surface area contributed by atoms with Crippen molar-refractivity contribution >= 4 is 11.6 Å². The number of carbonyl (C=O) groups excluding carboxylic acids is 1. The summed E-state index contributed by atoms with van der Waals surface area (Å²) in [6, 6.07) is 8.68. The van der Waals surface area contributed by atoms with Gasteiger partial charge < -0.3 is 5.32 Å². The van der Waals surface area contributed by atoms with Gasteiger partial charge in [-0.05, 0) is 41.6 Å². The Morgan fingerprint density at radius 1 is 1.19 bits per heavy atom. The van der Waals surface area contributed by atoms with Crippen LogP contribution in [0.2, 0.25) is 0 Å². The van der Waals surface area contributed by atoms with Gasteiger partial charge in [0.2, 0.25) is 0 Å². The van der Waals surface area contributed by atoms with Gasteiger partial charge in [0, 0.05) is 18.3 Å². The highest BCUT2D eigenvalue weighted by atomic mass is 19.4. The third kappa shape index (κ3) is 3.53. The third-order valence-electron chi connectivity index (χ3n) is 3.62. The summed E-state index contributed by atoms with van der Waals surface area (Å²) in [5, 5.41) is 13.8. The number of rotatable bonds is 3. The molecule has 0 saturated carbocycles. The highest BCUT2D eigenvalue weighted by Gasteiger charge is 2.33. The summed E-state index contributed by atoms with van der Waals surface area (Å²) >= 11 is 0. The van der Waals surface area contributed by atoms with Crippen molar-refractivity contribution in [3.63, 3.8) is 0 Å². The van der Waals surface area contributed by atoms with E-state index in [-0.39, 0.29) is 11.3 Å². The van der Waals surface area contributed by atoms with E-state index in [1.165, 1.54) is 11.6 Å². The number of pyridine rings is 1. The van der Waals surface area contributed by atoms with Gasteiger partial charge in [0.05, 0.1) is 11.3 Å². The van der Waals surface area contributed by atoms with Crippen molar-refractivity contribution in [2.75, 3.05) is 5.32 Å². The molecule has 2 heterocycles. The predicted molar refractivity (Wildman–Crippen MR) is 86.2 cm³/mol. The molecule has 1 N–H and O–H groups in total. The van der Waals surface area contributed by atoms with Crippen molar-refractivity contribution in [2.45, 2.75) is 13.1 Å². The second-order valence-electron chi connectivity index (χ2n) is 5.49. The van der Waals surface area contributed by atoms with Crippen LogP contribution in [-0.4, -0.2) is 31.1 Å². The van der Waals surface area contributed by atoms with Crippen molar-refractivity contribution in [1.82, 2.24) is 25.2 Å². The minimum absolute atomic E-state index is 0.00835. The molecule has 0 aliphatic carbocycles. The molecule has 0 radical (unpaired) electrons. The zero-order valence-corrected chi connectivity index (χ0v) is 13.7. The van der Waals surface area contributed by atoms with Gasteiger partial charge in [0.15, 0.2) is 5.82 Å². The topological polar surface area (TPSA) is 85.6 Å². The number of carbonyl (C=O) groups is 1. The zero-order valence-electron chi connectivity index (χ0n) is 13.7. The molecule has 3 rings (SSSR count). The number of aryl methyl sites for hydroxylation is 2. The van der Waals surface area contributed by atoms with Crippen LogP contribution in [-0.2, 0) is 13.2 Å². The Hall–Kier alpha value is -3.30. The molecule has 0 unspecified atom stereocenters. The molecule has 26 heavy (non-hydrogen) atoms. The monoisotopic (exact) mass is 362 g/mol. The van der Waals surface area contributed by atoms with Crippen LogP contribution in [0.5, 0.6) is 0 Å². The van der Waals surface area contributed by atoms with Crippen LogP contribution in [0, 0.1) is 6.92 Å². The minimum atomic E-state index is -4.56. The summed E-state index contributed by atoms with van der Waals surface area (Å²) in [7, 11) is 1.68. The van der Waals surface area contributed by atoms with Crippen molar-refractivity contribution in [3.05, 3.63) is 53.3 Å². The van der Waals surface area contributed by atoms with E-state index in [4.69, 9.17) is 0 Å². The zero-order chi connectivity index (χ0) is 18.9. The van der Waals surface area contributed by atoms with Gasteiger partial charge in [-0.1, -0.05) is 12.1 Å².